The van der Waals surface area contributed by atoms with E-state index in [0.717, 1.165) is 13.1 Å². The number of likely N-dealkylation sites (N-methyl/N-ethyl adjacent to an activating group) is 1. The van der Waals surface area contributed by atoms with Gasteiger partial charge in [0.25, 0.3) is 0 Å². The van der Waals surface area contributed by atoms with E-state index < -0.39 is 0 Å². The molecule has 4 heteroatoms. The normalized spacial score (nSPS) is 26.2. The minimum absolute atomic E-state index is 0.228. The van der Waals surface area contributed by atoms with Crippen molar-refractivity contribution in [3.8, 4) is 0 Å². The Bertz CT molecular complexity index is 315. The van der Waals surface area contributed by atoms with Gasteiger partial charge in [0.15, 0.2) is 0 Å². The van der Waals surface area contributed by atoms with E-state index in [1.807, 2.05) is 11.3 Å². The predicted molar refractivity (Wildman–Crippen MR) is 72.7 cm³/mol. The molecule has 0 radical (unpaired) electrons. The fourth-order valence-electron chi connectivity index (χ4n) is 2.59. The van der Waals surface area contributed by atoms with Gasteiger partial charge in [-0.15, -0.1) is 11.3 Å². The zero-order valence-corrected chi connectivity index (χ0v) is 11.2. The van der Waals surface area contributed by atoms with Gasteiger partial charge in [-0.1, -0.05) is 13.0 Å². The highest BCUT2D eigenvalue weighted by Gasteiger charge is 2.27. The van der Waals surface area contributed by atoms with Crippen LogP contribution in [0.5, 0.6) is 0 Å². The molecule has 0 bridgehead atoms. The van der Waals surface area contributed by atoms with Crippen LogP contribution in [0.3, 0.4) is 0 Å². The summed E-state index contributed by atoms with van der Waals surface area (Å²) in [4.78, 5) is 4.00. The number of nitrogens with one attached hydrogen (secondary N) is 1. The molecule has 17 heavy (non-hydrogen) atoms. The maximum atomic E-state index is 8.90. The van der Waals surface area contributed by atoms with E-state index in [1.165, 1.54) is 17.8 Å². The SMILES string of the molecule is CCN1CC(NCCO)CC(c2cccs2)C1. The van der Waals surface area contributed by atoms with Crippen LogP contribution in [-0.2, 0) is 0 Å². The number of aliphatic hydroxyl groups is 1. The van der Waals surface area contributed by atoms with Crippen LogP contribution in [0.25, 0.3) is 0 Å². The second-order valence-corrected chi connectivity index (χ2v) is 5.65. The number of piperidine rings is 1. The average Bonchev–Trinajstić information content (AvgIpc) is 2.89. The molecule has 0 amide bonds. The molecule has 1 saturated heterocycles. The Morgan fingerprint density at radius 3 is 3.06 bits per heavy atom. The summed E-state index contributed by atoms with van der Waals surface area (Å²) in [5.74, 6) is 0.653. The highest BCUT2D eigenvalue weighted by Crippen LogP contribution is 2.29. The molecule has 2 heterocycles. The van der Waals surface area contributed by atoms with Gasteiger partial charge in [-0.2, -0.15) is 0 Å². The van der Waals surface area contributed by atoms with Gasteiger partial charge in [0.2, 0.25) is 0 Å². The molecule has 3 nitrogen and oxygen atoms in total. The second-order valence-electron chi connectivity index (χ2n) is 4.67. The predicted octanol–water partition coefficient (Wildman–Crippen LogP) is 1.51. The largest absolute Gasteiger partial charge is 0.395 e. The molecule has 0 saturated carbocycles. The third kappa shape index (κ3) is 3.52. The molecule has 96 valence electrons. The van der Waals surface area contributed by atoms with E-state index in [1.54, 1.807) is 0 Å². The Labute approximate surface area is 107 Å². The van der Waals surface area contributed by atoms with Crippen molar-refractivity contribution in [3.05, 3.63) is 22.4 Å². The van der Waals surface area contributed by atoms with Crippen LogP contribution < -0.4 is 5.32 Å². The highest BCUT2D eigenvalue weighted by atomic mass is 32.1. The van der Waals surface area contributed by atoms with Crippen molar-refractivity contribution in [1.82, 2.24) is 10.2 Å². The van der Waals surface area contributed by atoms with Crippen molar-refractivity contribution in [2.75, 3.05) is 32.8 Å². The van der Waals surface area contributed by atoms with E-state index in [2.05, 4.69) is 34.7 Å². The summed E-state index contributed by atoms with van der Waals surface area (Å²) in [6.07, 6.45) is 1.19. The van der Waals surface area contributed by atoms with Crippen LogP contribution >= 0.6 is 11.3 Å². The Kier molecular flexibility index (Phi) is 4.98. The highest BCUT2D eigenvalue weighted by molar-refractivity contribution is 7.10. The topological polar surface area (TPSA) is 35.5 Å². The van der Waals surface area contributed by atoms with E-state index in [-0.39, 0.29) is 6.61 Å². The van der Waals surface area contributed by atoms with Crippen molar-refractivity contribution in [1.29, 1.82) is 0 Å². The van der Waals surface area contributed by atoms with Gasteiger partial charge in [0.1, 0.15) is 0 Å². The molecule has 2 N–H and O–H groups in total. The molecule has 2 unspecified atom stereocenters. The van der Waals surface area contributed by atoms with Gasteiger partial charge >= 0.3 is 0 Å². The summed E-state index contributed by atoms with van der Waals surface area (Å²) in [5.41, 5.74) is 0. The zero-order valence-electron chi connectivity index (χ0n) is 10.4. The first-order valence-corrected chi connectivity index (χ1v) is 7.31. The van der Waals surface area contributed by atoms with Gasteiger partial charge in [-0.25, -0.2) is 0 Å². The summed E-state index contributed by atoms with van der Waals surface area (Å²) in [7, 11) is 0. The van der Waals surface area contributed by atoms with Crippen molar-refractivity contribution in [3.63, 3.8) is 0 Å². The Morgan fingerprint density at radius 1 is 1.53 bits per heavy atom. The van der Waals surface area contributed by atoms with Crippen LogP contribution in [0.4, 0.5) is 0 Å². The van der Waals surface area contributed by atoms with Crippen LogP contribution in [0.15, 0.2) is 17.5 Å². The fraction of sp³-hybridized carbons (Fsp3) is 0.692. The minimum Gasteiger partial charge on any atom is -0.395 e. The third-order valence-corrected chi connectivity index (χ3v) is 4.50. The van der Waals surface area contributed by atoms with Gasteiger partial charge in [0, 0.05) is 36.5 Å². The maximum absolute atomic E-state index is 8.90. The fourth-order valence-corrected chi connectivity index (χ4v) is 3.43. The van der Waals surface area contributed by atoms with E-state index in [4.69, 9.17) is 5.11 Å². The lowest BCUT2D eigenvalue weighted by atomic mass is 9.93. The lowest BCUT2D eigenvalue weighted by Crippen LogP contribution is -2.48. The number of likely N-dealkylation sites (tertiary alicyclic amines) is 1. The van der Waals surface area contributed by atoms with E-state index >= 15 is 0 Å². The third-order valence-electron chi connectivity index (χ3n) is 3.46. The molecule has 2 rings (SSSR count). The Balaban J connectivity index is 1.97. The van der Waals surface area contributed by atoms with Crippen molar-refractivity contribution < 1.29 is 5.11 Å². The van der Waals surface area contributed by atoms with Crippen LogP contribution in [0.1, 0.15) is 24.1 Å². The molecule has 2 atom stereocenters. The van der Waals surface area contributed by atoms with E-state index in [0.29, 0.717) is 18.5 Å². The maximum Gasteiger partial charge on any atom is 0.0556 e. The van der Waals surface area contributed by atoms with Crippen molar-refractivity contribution in [2.24, 2.45) is 0 Å². The molecule has 1 aliphatic rings. The lowest BCUT2D eigenvalue weighted by Gasteiger charge is -2.37. The molecular weight excluding hydrogens is 232 g/mol. The smallest absolute Gasteiger partial charge is 0.0556 e. The van der Waals surface area contributed by atoms with E-state index in [9.17, 15) is 0 Å². The molecule has 0 spiro atoms. The number of hydrogen-bond donors (Lipinski definition) is 2. The second kappa shape index (κ2) is 6.50. The van der Waals surface area contributed by atoms with Gasteiger partial charge in [-0.3, -0.25) is 0 Å². The van der Waals surface area contributed by atoms with Crippen molar-refractivity contribution in [2.45, 2.75) is 25.3 Å². The minimum atomic E-state index is 0.228. The van der Waals surface area contributed by atoms with Crippen LogP contribution in [0.2, 0.25) is 0 Å². The van der Waals surface area contributed by atoms with Gasteiger partial charge < -0.3 is 15.3 Å². The molecule has 1 aromatic rings. The zero-order chi connectivity index (χ0) is 12.1. The first kappa shape index (κ1) is 13.0. The summed E-state index contributed by atoms with van der Waals surface area (Å²) in [5, 5.41) is 14.5. The summed E-state index contributed by atoms with van der Waals surface area (Å²) < 4.78 is 0. The lowest BCUT2D eigenvalue weighted by molar-refractivity contribution is 0.173. The number of nitrogens with zero attached hydrogens (tertiary/aromatic N) is 1. The first-order chi connectivity index (χ1) is 8.33. The number of aliphatic hydroxyl groups excluding tert-OH is 1. The Hall–Kier alpha value is -0.420. The van der Waals surface area contributed by atoms with Crippen LogP contribution in [-0.4, -0.2) is 48.8 Å². The quantitative estimate of drug-likeness (QED) is 0.836. The molecule has 1 aromatic heterocycles. The summed E-state index contributed by atoms with van der Waals surface area (Å²) >= 11 is 1.86. The molecule has 1 aliphatic heterocycles. The first-order valence-electron chi connectivity index (χ1n) is 6.43. The Morgan fingerprint density at radius 2 is 2.41 bits per heavy atom. The summed E-state index contributed by atoms with van der Waals surface area (Å²) in [6, 6.07) is 4.90. The standard InChI is InChI=1S/C13H22N2OS/c1-2-15-9-11(13-4-3-7-17-13)8-12(10-15)14-5-6-16/h3-4,7,11-12,14,16H,2,5-6,8-10H2,1H3. The molecule has 0 aliphatic carbocycles. The number of thiophene rings is 1. The van der Waals surface area contributed by atoms with Crippen molar-refractivity contribution >= 4 is 11.3 Å². The number of rotatable bonds is 5. The van der Waals surface area contributed by atoms with Crippen LogP contribution in [0, 0.1) is 0 Å². The average molecular weight is 254 g/mol. The summed E-state index contributed by atoms with van der Waals surface area (Å²) in [6.45, 7) is 6.55. The molecule has 1 fully saturated rings. The number of hydrogen-bond acceptors (Lipinski definition) is 4. The van der Waals surface area contributed by atoms with Gasteiger partial charge in [-0.05, 0) is 24.4 Å². The molecular formula is C13H22N2OS. The molecule has 0 aromatic carbocycles. The monoisotopic (exact) mass is 254 g/mol. The van der Waals surface area contributed by atoms with Gasteiger partial charge in [0.05, 0.1) is 6.61 Å².